The van der Waals surface area contributed by atoms with Crippen LogP contribution in [0.3, 0.4) is 0 Å². The monoisotopic (exact) mass is 259 g/mol. The number of halogens is 2. The van der Waals surface area contributed by atoms with Gasteiger partial charge in [-0.2, -0.15) is 0 Å². The number of aliphatic hydroxyl groups is 1. The van der Waals surface area contributed by atoms with Gasteiger partial charge in [0.05, 0.1) is 5.02 Å². The van der Waals surface area contributed by atoms with Crippen LogP contribution in [-0.2, 0) is 6.54 Å². The Balaban J connectivity index is 2.25. The minimum absolute atomic E-state index is 0.198. The molecule has 1 aromatic carbocycles. The van der Waals surface area contributed by atoms with Gasteiger partial charge < -0.3 is 10.4 Å². The SMILES string of the molecule is CC(CO)CCCNCc1cccc(F)c1Cl. The Labute approximate surface area is 107 Å². The quantitative estimate of drug-likeness (QED) is 0.738. The molecule has 0 radical (unpaired) electrons. The van der Waals surface area contributed by atoms with Gasteiger partial charge in [0.25, 0.3) is 0 Å². The molecule has 0 amide bonds. The fraction of sp³-hybridized carbons (Fsp3) is 0.538. The second-order valence-electron chi connectivity index (χ2n) is 4.32. The van der Waals surface area contributed by atoms with Crippen LogP contribution in [-0.4, -0.2) is 18.3 Å². The maximum absolute atomic E-state index is 13.1. The summed E-state index contributed by atoms with van der Waals surface area (Å²) >= 11 is 5.83. The molecule has 1 rings (SSSR count). The molecule has 17 heavy (non-hydrogen) atoms. The van der Waals surface area contributed by atoms with E-state index in [9.17, 15) is 4.39 Å². The van der Waals surface area contributed by atoms with Crippen LogP contribution < -0.4 is 5.32 Å². The molecule has 1 aromatic rings. The maximum atomic E-state index is 13.1. The van der Waals surface area contributed by atoms with Gasteiger partial charge in [-0.15, -0.1) is 0 Å². The number of rotatable bonds is 7. The van der Waals surface area contributed by atoms with E-state index in [1.807, 2.05) is 13.0 Å². The van der Waals surface area contributed by atoms with Crippen molar-refractivity contribution in [2.45, 2.75) is 26.3 Å². The van der Waals surface area contributed by atoms with Gasteiger partial charge in [-0.3, -0.25) is 0 Å². The third kappa shape index (κ3) is 5.02. The van der Waals surface area contributed by atoms with E-state index in [1.165, 1.54) is 6.07 Å². The van der Waals surface area contributed by atoms with Gasteiger partial charge >= 0.3 is 0 Å². The summed E-state index contributed by atoms with van der Waals surface area (Å²) in [7, 11) is 0. The van der Waals surface area contributed by atoms with E-state index in [1.54, 1.807) is 6.07 Å². The molecule has 0 aliphatic carbocycles. The predicted octanol–water partition coefficient (Wildman–Crippen LogP) is 2.98. The van der Waals surface area contributed by atoms with Crippen molar-refractivity contribution in [2.75, 3.05) is 13.2 Å². The number of nitrogens with one attached hydrogen (secondary N) is 1. The molecule has 2 N–H and O–H groups in total. The van der Waals surface area contributed by atoms with Gasteiger partial charge in [-0.25, -0.2) is 4.39 Å². The summed E-state index contributed by atoms with van der Waals surface area (Å²) in [4.78, 5) is 0. The van der Waals surface area contributed by atoms with Crippen LogP contribution in [0.5, 0.6) is 0 Å². The summed E-state index contributed by atoms with van der Waals surface area (Å²) in [5.41, 5.74) is 0.780. The molecular formula is C13H19ClFNO. The molecule has 0 aromatic heterocycles. The van der Waals surface area contributed by atoms with Crippen LogP contribution in [0.15, 0.2) is 18.2 Å². The van der Waals surface area contributed by atoms with Crippen LogP contribution in [0.4, 0.5) is 4.39 Å². The maximum Gasteiger partial charge on any atom is 0.142 e. The Morgan fingerprint density at radius 1 is 1.47 bits per heavy atom. The molecule has 1 unspecified atom stereocenters. The first-order valence-corrected chi connectivity index (χ1v) is 6.27. The molecule has 0 saturated heterocycles. The molecule has 2 nitrogen and oxygen atoms in total. The summed E-state index contributed by atoms with van der Waals surface area (Å²) in [5, 5.41) is 12.3. The second kappa shape index (κ2) is 7.64. The minimum Gasteiger partial charge on any atom is -0.396 e. The van der Waals surface area contributed by atoms with Crippen LogP contribution in [0, 0.1) is 11.7 Å². The van der Waals surface area contributed by atoms with E-state index in [2.05, 4.69) is 5.32 Å². The lowest BCUT2D eigenvalue weighted by atomic mass is 10.1. The highest BCUT2D eigenvalue weighted by Gasteiger charge is 2.04. The Morgan fingerprint density at radius 2 is 2.24 bits per heavy atom. The third-order valence-corrected chi connectivity index (χ3v) is 3.13. The third-order valence-electron chi connectivity index (χ3n) is 2.71. The van der Waals surface area contributed by atoms with Crippen LogP contribution in [0.1, 0.15) is 25.3 Å². The summed E-state index contributed by atoms with van der Waals surface area (Å²) in [6.07, 6.45) is 1.98. The molecule has 0 aliphatic heterocycles. The average Bonchev–Trinajstić information content (AvgIpc) is 2.33. The molecule has 0 bridgehead atoms. The molecule has 0 aliphatic rings. The van der Waals surface area contributed by atoms with E-state index in [-0.39, 0.29) is 17.4 Å². The number of aliphatic hydroxyl groups excluding tert-OH is 1. The lowest BCUT2D eigenvalue weighted by Crippen LogP contribution is -2.16. The topological polar surface area (TPSA) is 32.3 Å². The largest absolute Gasteiger partial charge is 0.396 e. The van der Waals surface area contributed by atoms with Crippen molar-refractivity contribution in [1.29, 1.82) is 0 Å². The van der Waals surface area contributed by atoms with Crippen molar-refractivity contribution >= 4 is 11.6 Å². The van der Waals surface area contributed by atoms with Crippen molar-refractivity contribution < 1.29 is 9.50 Å². The zero-order chi connectivity index (χ0) is 12.7. The summed E-state index contributed by atoms with van der Waals surface area (Å²) in [5.74, 6) is -0.0329. The minimum atomic E-state index is -0.375. The second-order valence-corrected chi connectivity index (χ2v) is 4.70. The molecular weight excluding hydrogens is 241 g/mol. The normalized spacial score (nSPS) is 12.7. The number of hydrogen-bond acceptors (Lipinski definition) is 2. The van der Waals surface area contributed by atoms with Gasteiger partial charge in [0.1, 0.15) is 5.82 Å². The lowest BCUT2D eigenvalue weighted by molar-refractivity contribution is 0.228. The predicted molar refractivity (Wildman–Crippen MR) is 68.6 cm³/mol. The van der Waals surface area contributed by atoms with Gasteiger partial charge in [-0.05, 0) is 36.9 Å². The fourth-order valence-corrected chi connectivity index (χ4v) is 1.77. The van der Waals surface area contributed by atoms with Crippen molar-refractivity contribution in [3.63, 3.8) is 0 Å². The molecule has 96 valence electrons. The van der Waals surface area contributed by atoms with Crippen molar-refractivity contribution in [3.05, 3.63) is 34.6 Å². The lowest BCUT2D eigenvalue weighted by Gasteiger charge is -2.09. The Kier molecular flexibility index (Phi) is 6.48. The first-order valence-electron chi connectivity index (χ1n) is 5.89. The highest BCUT2D eigenvalue weighted by molar-refractivity contribution is 6.31. The smallest absolute Gasteiger partial charge is 0.142 e. The van der Waals surface area contributed by atoms with Crippen LogP contribution in [0.2, 0.25) is 5.02 Å². The Bertz CT molecular complexity index is 346. The van der Waals surface area contributed by atoms with Gasteiger partial charge in [0.15, 0.2) is 0 Å². The van der Waals surface area contributed by atoms with Crippen molar-refractivity contribution in [1.82, 2.24) is 5.32 Å². The molecule has 1 atom stereocenters. The molecule has 0 heterocycles. The van der Waals surface area contributed by atoms with Crippen LogP contribution in [0.25, 0.3) is 0 Å². The fourth-order valence-electron chi connectivity index (χ4n) is 1.57. The first-order chi connectivity index (χ1) is 8.15. The zero-order valence-corrected chi connectivity index (χ0v) is 10.8. The molecule has 4 heteroatoms. The van der Waals surface area contributed by atoms with Crippen molar-refractivity contribution in [3.8, 4) is 0 Å². The van der Waals surface area contributed by atoms with Crippen molar-refractivity contribution in [2.24, 2.45) is 5.92 Å². The highest BCUT2D eigenvalue weighted by atomic mass is 35.5. The Hall–Kier alpha value is -0.640. The van der Waals surface area contributed by atoms with E-state index < -0.39 is 0 Å². The zero-order valence-electron chi connectivity index (χ0n) is 10.0. The summed E-state index contributed by atoms with van der Waals surface area (Å²) < 4.78 is 13.1. The Morgan fingerprint density at radius 3 is 2.94 bits per heavy atom. The summed E-state index contributed by atoms with van der Waals surface area (Å²) in [6.45, 7) is 3.67. The van der Waals surface area contributed by atoms with E-state index >= 15 is 0 Å². The van der Waals surface area contributed by atoms with Gasteiger partial charge in [0.2, 0.25) is 0 Å². The van der Waals surface area contributed by atoms with E-state index in [0.717, 1.165) is 24.9 Å². The molecule has 0 fully saturated rings. The van der Waals surface area contributed by atoms with E-state index in [4.69, 9.17) is 16.7 Å². The van der Waals surface area contributed by atoms with Gasteiger partial charge in [0, 0.05) is 13.2 Å². The van der Waals surface area contributed by atoms with Crippen LogP contribution >= 0.6 is 11.6 Å². The highest BCUT2D eigenvalue weighted by Crippen LogP contribution is 2.19. The molecule has 0 saturated carbocycles. The standard InChI is InChI=1S/C13H19ClFNO/c1-10(9-17)4-3-7-16-8-11-5-2-6-12(15)13(11)14/h2,5-6,10,16-17H,3-4,7-9H2,1H3. The number of hydrogen-bond donors (Lipinski definition) is 2. The molecule has 0 spiro atoms. The average molecular weight is 260 g/mol. The van der Waals surface area contributed by atoms with E-state index in [0.29, 0.717) is 12.5 Å². The first kappa shape index (κ1) is 14.4. The van der Waals surface area contributed by atoms with Gasteiger partial charge in [-0.1, -0.05) is 30.7 Å². The summed E-state index contributed by atoms with van der Waals surface area (Å²) in [6, 6.07) is 4.83. The number of benzene rings is 1.